The molecule has 2 N–H and O–H groups in total. The molecule has 8 nitrogen and oxygen atoms in total. The molecule has 0 radical (unpaired) electrons. The number of hydrogen-bond donors (Lipinski definition) is 2. The van der Waals surface area contributed by atoms with Gasteiger partial charge in [0.15, 0.2) is 0 Å². The Balaban J connectivity index is 1.45. The van der Waals surface area contributed by atoms with E-state index >= 15 is 0 Å². The van der Waals surface area contributed by atoms with Gasteiger partial charge in [0.05, 0.1) is 23.6 Å². The summed E-state index contributed by atoms with van der Waals surface area (Å²) in [5.41, 5.74) is 3.62. The monoisotopic (exact) mass is 596 g/mol. The maximum atomic E-state index is 13.6. The van der Waals surface area contributed by atoms with Crippen LogP contribution in [0.25, 0.3) is 22.3 Å². The highest BCUT2D eigenvalue weighted by atomic mass is 35.5. The van der Waals surface area contributed by atoms with Crippen molar-refractivity contribution in [2.24, 2.45) is 0 Å². The molecule has 1 saturated carbocycles. The minimum Gasteiger partial charge on any atom is -0.455 e. The number of furan rings is 1. The summed E-state index contributed by atoms with van der Waals surface area (Å²) in [5.74, 6) is -0.398. The Hall–Kier alpha value is -3.38. The molecule has 2 aliphatic rings. The van der Waals surface area contributed by atoms with Crippen molar-refractivity contribution in [1.82, 2.24) is 5.32 Å². The van der Waals surface area contributed by atoms with Gasteiger partial charge in [-0.3, -0.25) is 9.10 Å². The average Bonchev–Trinajstić information content (AvgIpc) is 3.64. The van der Waals surface area contributed by atoms with Crippen LogP contribution in [0.15, 0.2) is 59.0 Å². The van der Waals surface area contributed by atoms with Crippen LogP contribution in [0.4, 0.5) is 10.1 Å². The summed E-state index contributed by atoms with van der Waals surface area (Å²) in [6, 6.07) is 14.3. The van der Waals surface area contributed by atoms with Crippen LogP contribution in [0.2, 0.25) is 5.02 Å². The summed E-state index contributed by atoms with van der Waals surface area (Å²) in [5, 5.41) is 14.0. The van der Waals surface area contributed by atoms with Crippen LogP contribution < -0.4 is 15.1 Å². The van der Waals surface area contributed by atoms with E-state index in [0.29, 0.717) is 43.8 Å². The van der Waals surface area contributed by atoms with Gasteiger partial charge in [0.2, 0.25) is 10.0 Å². The lowest BCUT2D eigenvalue weighted by Crippen LogP contribution is -2.32. The van der Waals surface area contributed by atoms with Crippen LogP contribution in [0, 0.1) is 5.82 Å². The Kier molecular flexibility index (Phi) is 7.09. The molecule has 1 fully saturated rings. The number of amides is 1. The van der Waals surface area contributed by atoms with E-state index in [0.717, 1.165) is 24.7 Å². The number of rotatable bonds is 8. The minimum absolute atomic E-state index is 0.0555. The van der Waals surface area contributed by atoms with Crippen molar-refractivity contribution in [1.29, 1.82) is 0 Å². The Morgan fingerprint density at radius 3 is 2.59 bits per heavy atom. The molecule has 3 aromatic carbocycles. The first-order valence-electron chi connectivity index (χ1n) is 13.2. The molecule has 2 heterocycles. The molecule has 1 aliphatic heterocycles. The van der Waals surface area contributed by atoms with E-state index < -0.39 is 29.1 Å². The number of anilines is 1. The fourth-order valence-electron chi connectivity index (χ4n) is 5.56. The smallest absolute Gasteiger partial charge is 0.455 e. The van der Waals surface area contributed by atoms with Crippen LogP contribution in [-0.2, 0) is 14.7 Å². The second kappa shape index (κ2) is 10.5. The number of fused-ring (bicyclic) bond motifs is 2. The van der Waals surface area contributed by atoms with Gasteiger partial charge < -0.3 is 19.4 Å². The van der Waals surface area contributed by atoms with E-state index in [4.69, 9.17) is 20.7 Å². The zero-order valence-corrected chi connectivity index (χ0v) is 23.9. The van der Waals surface area contributed by atoms with Gasteiger partial charge in [-0.1, -0.05) is 23.7 Å². The quantitative estimate of drug-likeness (QED) is 0.284. The van der Waals surface area contributed by atoms with Gasteiger partial charge in [-0.05, 0) is 78.2 Å². The van der Waals surface area contributed by atoms with Crippen molar-refractivity contribution in [3.63, 3.8) is 0 Å². The first-order valence-corrected chi connectivity index (χ1v) is 15.5. The summed E-state index contributed by atoms with van der Waals surface area (Å²) < 4.78 is 53.3. The van der Waals surface area contributed by atoms with Crippen LogP contribution in [0.3, 0.4) is 0 Å². The normalized spacial score (nSPS) is 16.7. The molecule has 1 amide bonds. The first-order chi connectivity index (χ1) is 19.6. The maximum Gasteiger partial charge on any atom is 0.492 e. The second-order valence-corrected chi connectivity index (χ2v) is 12.7. The van der Waals surface area contributed by atoms with Crippen molar-refractivity contribution < 1.29 is 31.7 Å². The molecule has 0 saturated heterocycles. The molecule has 1 aliphatic carbocycles. The molecule has 0 spiro atoms. The predicted molar refractivity (Wildman–Crippen MR) is 157 cm³/mol. The lowest BCUT2D eigenvalue weighted by atomic mass is 9.79. The lowest BCUT2D eigenvalue weighted by molar-refractivity contribution is 0.0964. The summed E-state index contributed by atoms with van der Waals surface area (Å²) >= 11 is 6.42. The van der Waals surface area contributed by atoms with E-state index in [1.54, 1.807) is 24.3 Å². The molecule has 1 unspecified atom stereocenters. The third-order valence-electron chi connectivity index (χ3n) is 7.65. The number of halogens is 2. The minimum atomic E-state index is -3.77. The number of hydrogen-bond acceptors (Lipinski definition) is 6. The molecular formula is C29H27BClFN2O6S. The Morgan fingerprint density at radius 2 is 1.93 bits per heavy atom. The van der Waals surface area contributed by atoms with Crippen molar-refractivity contribution >= 4 is 56.8 Å². The van der Waals surface area contributed by atoms with Gasteiger partial charge in [-0.15, -0.1) is 0 Å². The number of nitrogens with zero attached hydrogens (tertiary/aromatic N) is 1. The Bertz CT molecular complexity index is 1770. The highest BCUT2D eigenvalue weighted by molar-refractivity contribution is 7.92. The van der Waals surface area contributed by atoms with E-state index in [1.165, 1.54) is 35.6 Å². The number of sulfonamides is 1. The average molecular weight is 597 g/mol. The summed E-state index contributed by atoms with van der Waals surface area (Å²) in [7, 11) is -3.40. The molecule has 1 atom stereocenters. The molecule has 12 heteroatoms. The van der Waals surface area contributed by atoms with Crippen molar-refractivity contribution in [3.05, 3.63) is 82.1 Å². The highest BCUT2D eigenvalue weighted by Gasteiger charge is 2.38. The molecule has 41 heavy (non-hydrogen) atoms. The predicted octanol–water partition coefficient (Wildman–Crippen LogP) is 4.74. The largest absolute Gasteiger partial charge is 0.492 e. The van der Waals surface area contributed by atoms with Gasteiger partial charge in [0.1, 0.15) is 17.2 Å². The van der Waals surface area contributed by atoms with E-state index in [1.807, 2.05) is 6.07 Å². The molecule has 1 aromatic heterocycles. The molecule has 6 rings (SSSR count). The van der Waals surface area contributed by atoms with Crippen LogP contribution in [-0.4, -0.2) is 46.3 Å². The number of carbonyl (C=O) groups excluding carboxylic acids is 1. The number of carbonyl (C=O) groups is 1. The Morgan fingerprint density at radius 1 is 1.20 bits per heavy atom. The summed E-state index contributed by atoms with van der Waals surface area (Å²) in [4.78, 5) is 13.0. The number of benzene rings is 3. The third kappa shape index (κ3) is 5.12. The topological polar surface area (TPSA) is 109 Å². The maximum absolute atomic E-state index is 13.6. The first kappa shape index (κ1) is 27.8. The van der Waals surface area contributed by atoms with Crippen molar-refractivity contribution in [3.8, 4) is 11.3 Å². The van der Waals surface area contributed by atoms with Gasteiger partial charge in [0.25, 0.3) is 5.91 Å². The fourth-order valence-corrected chi connectivity index (χ4v) is 6.81. The van der Waals surface area contributed by atoms with E-state index in [9.17, 15) is 22.6 Å². The molecular weight excluding hydrogens is 570 g/mol. The molecule has 4 aromatic rings. The summed E-state index contributed by atoms with van der Waals surface area (Å²) in [6.45, 7) is 0.0555. The third-order valence-corrected chi connectivity index (χ3v) is 9.16. The zero-order chi connectivity index (χ0) is 29.1. The highest BCUT2D eigenvalue weighted by Crippen LogP contribution is 2.48. The lowest BCUT2D eigenvalue weighted by Gasteiger charge is -2.27. The van der Waals surface area contributed by atoms with E-state index in [2.05, 4.69) is 5.32 Å². The SMILES string of the molecule is CNC(=O)c1c(-c2ccc(F)cc2)oc2cc(N(CCC3OB(O)c4cccc(Cl)c43)S(C)(=O)=O)c(C3CC3)cc12. The zero-order valence-electron chi connectivity index (χ0n) is 22.4. The van der Waals surface area contributed by atoms with Gasteiger partial charge in [-0.25, -0.2) is 12.8 Å². The van der Waals surface area contributed by atoms with Crippen LogP contribution in [0.1, 0.15) is 52.8 Å². The van der Waals surface area contributed by atoms with Gasteiger partial charge in [0, 0.05) is 35.6 Å². The molecule has 0 bridgehead atoms. The fraction of sp³-hybridized carbons (Fsp3) is 0.276. The standard InChI is InChI=1S/C29H27BClFN2O6S/c1-33-29(35)26-20-14-19(16-6-7-16)23(15-25(20)39-28(26)17-8-10-18(32)11-9-17)34(41(2,37)38)13-12-24-27-21(30(36)40-24)4-3-5-22(27)31/h3-5,8-11,14-16,24,36H,6-7,12-13H2,1-2H3,(H,33,35). The van der Waals surface area contributed by atoms with Crippen LogP contribution in [0.5, 0.6) is 0 Å². The Labute approximate surface area is 242 Å². The summed E-state index contributed by atoms with van der Waals surface area (Å²) in [6.07, 6.45) is 2.55. The van der Waals surface area contributed by atoms with Crippen molar-refractivity contribution in [2.45, 2.75) is 31.3 Å². The van der Waals surface area contributed by atoms with Crippen molar-refractivity contribution in [2.75, 3.05) is 24.2 Å². The second-order valence-electron chi connectivity index (χ2n) is 10.4. The van der Waals surface area contributed by atoms with Gasteiger partial charge in [-0.2, -0.15) is 0 Å². The number of nitrogens with one attached hydrogen (secondary N) is 1. The van der Waals surface area contributed by atoms with Crippen LogP contribution >= 0.6 is 11.6 Å². The van der Waals surface area contributed by atoms with Gasteiger partial charge >= 0.3 is 7.12 Å². The molecule has 212 valence electrons. The van der Waals surface area contributed by atoms with E-state index in [-0.39, 0.29) is 30.6 Å².